The molecule has 0 aromatic carbocycles. The summed E-state index contributed by atoms with van der Waals surface area (Å²) in [6, 6.07) is 2.41. The summed E-state index contributed by atoms with van der Waals surface area (Å²) in [5, 5.41) is 8.59. The van der Waals surface area contributed by atoms with Gasteiger partial charge in [0.2, 0.25) is 5.89 Å². The highest BCUT2D eigenvalue weighted by Crippen LogP contribution is 2.29. The van der Waals surface area contributed by atoms with E-state index >= 15 is 0 Å². The van der Waals surface area contributed by atoms with Crippen molar-refractivity contribution >= 4 is 0 Å². The topological polar surface area (TPSA) is 60.0 Å². The van der Waals surface area contributed by atoms with E-state index in [4.69, 9.17) is 4.52 Å². The molecular weight excluding hydrogens is 254 g/mol. The Morgan fingerprint density at radius 3 is 2.80 bits per heavy atom. The maximum absolute atomic E-state index is 5.11. The monoisotopic (exact) mass is 275 g/mol. The third-order valence-electron chi connectivity index (χ3n) is 3.91. The van der Waals surface area contributed by atoms with Gasteiger partial charge in [0, 0.05) is 19.2 Å². The summed E-state index contributed by atoms with van der Waals surface area (Å²) in [6.07, 6.45) is 2.30. The molecule has 6 nitrogen and oxygen atoms in total. The molecule has 0 saturated carbocycles. The third-order valence-corrected chi connectivity index (χ3v) is 3.91. The fourth-order valence-corrected chi connectivity index (χ4v) is 2.96. The maximum atomic E-state index is 5.11. The Labute approximate surface area is 118 Å². The van der Waals surface area contributed by atoms with Gasteiger partial charge in [0.15, 0.2) is 5.82 Å². The molecule has 1 unspecified atom stereocenters. The smallest absolute Gasteiger partial charge is 0.223 e. The number of nitrogens with zero attached hydrogens (tertiary/aromatic N) is 5. The molecule has 0 spiro atoms. The average Bonchev–Trinajstić information content (AvgIpc) is 3.07. The van der Waals surface area contributed by atoms with Gasteiger partial charge in [-0.3, -0.25) is 9.58 Å². The van der Waals surface area contributed by atoms with Crippen molar-refractivity contribution in [2.24, 2.45) is 0 Å². The first-order chi connectivity index (χ1) is 9.63. The molecule has 1 aliphatic heterocycles. The first kappa shape index (κ1) is 13.3. The van der Waals surface area contributed by atoms with Crippen LogP contribution in [0.2, 0.25) is 0 Å². The first-order valence-electron chi connectivity index (χ1n) is 7.19. The first-order valence-corrected chi connectivity index (χ1v) is 7.19. The fraction of sp³-hybridized carbons (Fsp3) is 0.643. The zero-order chi connectivity index (χ0) is 14.1. The number of aryl methyl sites for hydroxylation is 3. The number of aromatic nitrogens is 4. The summed E-state index contributed by atoms with van der Waals surface area (Å²) in [4.78, 5) is 6.81. The molecule has 1 saturated heterocycles. The van der Waals surface area contributed by atoms with Crippen LogP contribution in [0.15, 0.2) is 10.6 Å². The normalized spacial score (nSPS) is 19.9. The van der Waals surface area contributed by atoms with E-state index in [1.165, 1.54) is 12.1 Å². The molecule has 1 fully saturated rings. The van der Waals surface area contributed by atoms with Crippen LogP contribution in [0.25, 0.3) is 0 Å². The SMILES string of the molecule is Cc1cc(C)n(CCN2CCCC2c2noc(C)n2)n1. The van der Waals surface area contributed by atoms with Crippen molar-refractivity contribution in [3.05, 3.63) is 29.2 Å². The van der Waals surface area contributed by atoms with Gasteiger partial charge >= 0.3 is 0 Å². The maximum Gasteiger partial charge on any atom is 0.223 e. The van der Waals surface area contributed by atoms with E-state index in [1.807, 2.05) is 13.8 Å². The third kappa shape index (κ3) is 2.60. The van der Waals surface area contributed by atoms with Gasteiger partial charge in [-0.2, -0.15) is 10.1 Å². The van der Waals surface area contributed by atoms with Crippen LogP contribution in [0.5, 0.6) is 0 Å². The van der Waals surface area contributed by atoms with Gasteiger partial charge in [-0.05, 0) is 39.3 Å². The summed E-state index contributed by atoms with van der Waals surface area (Å²) in [5.41, 5.74) is 2.29. The molecule has 3 rings (SSSR count). The highest BCUT2D eigenvalue weighted by atomic mass is 16.5. The highest BCUT2D eigenvalue weighted by molar-refractivity contribution is 5.06. The van der Waals surface area contributed by atoms with E-state index < -0.39 is 0 Å². The molecule has 2 aromatic rings. The summed E-state index contributed by atoms with van der Waals surface area (Å²) in [6.45, 7) is 8.95. The van der Waals surface area contributed by atoms with Crippen molar-refractivity contribution in [2.75, 3.05) is 13.1 Å². The van der Waals surface area contributed by atoms with Gasteiger partial charge in [-0.25, -0.2) is 0 Å². The zero-order valence-electron chi connectivity index (χ0n) is 12.3. The Morgan fingerprint density at radius 1 is 1.30 bits per heavy atom. The Morgan fingerprint density at radius 2 is 2.15 bits per heavy atom. The molecule has 20 heavy (non-hydrogen) atoms. The van der Waals surface area contributed by atoms with Crippen LogP contribution < -0.4 is 0 Å². The average molecular weight is 275 g/mol. The second-order valence-corrected chi connectivity index (χ2v) is 5.52. The molecule has 6 heteroatoms. The predicted octanol–water partition coefficient (Wildman–Crippen LogP) is 2.03. The van der Waals surface area contributed by atoms with Gasteiger partial charge in [0.25, 0.3) is 0 Å². The predicted molar refractivity (Wildman–Crippen MR) is 74.3 cm³/mol. The van der Waals surface area contributed by atoms with Crippen molar-refractivity contribution in [2.45, 2.75) is 46.2 Å². The highest BCUT2D eigenvalue weighted by Gasteiger charge is 2.29. The molecule has 0 radical (unpaired) electrons. The van der Waals surface area contributed by atoms with E-state index in [9.17, 15) is 0 Å². The quantitative estimate of drug-likeness (QED) is 0.854. The number of hydrogen-bond acceptors (Lipinski definition) is 5. The summed E-state index contributed by atoms with van der Waals surface area (Å²) < 4.78 is 7.18. The van der Waals surface area contributed by atoms with Gasteiger partial charge in [-0.1, -0.05) is 5.16 Å². The minimum absolute atomic E-state index is 0.296. The summed E-state index contributed by atoms with van der Waals surface area (Å²) in [7, 11) is 0. The lowest BCUT2D eigenvalue weighted by Gasteiger charge is -2.21. The van der Waals surface area contributed by atoms with Gasteiger partial charge in [0.05, 0.1) is 18.3 Å². The van der Waals surface area contributed by atoms with Crippen LogP contribution in [0, 0.1) is 20.8 Å². The Hall–Kier alpha value is -1.69. The van der Waals surface area contributed by atoms with E-state index in [1.54, 1.807) is 0 Å². The lowest BCUT2D eigenvalue weighted by molar-refractivity contribution is 0.229. The number of hydrogen-bond donors (Lipinski definition) is 0. The van der Waals surface area contributed by atoms with E-state index in [2.05, 4.69) is 37.8 Å². The van der Waals surface area contributed by atoms with E-state index in [-0.39, 0.29) is 0 Å². The van der Waals surface area contributed by atoms with Crippen LogP contribution >= 0.6 is 0 Å². The zero-order valence-corrected chi connectivity index (χ0v) is 12.3. The van der Waals surface area contributed by atoms with Crippen LogP contribution in [-0.4, -0.2) is 37.9 Å². The molecule has 3 heterocycles. The van der Waals surface area contributed by atoms with Crippen molar-refractivity contribution < 1.29 is 4.52 Å². The fourth-order valence-electron chi connectivity index (χ4n) is 2.96. The Kier molecular flexibility index (Phi) is 3.56. The lowest BCUT2D eigenvalue weighted by atomic mass is 10.2. The van der Waals surface area contributed by atoms with Gasteiger partial charge < -0.3 is 4.52 Å². The molecule has 0 N–H and O–H groups in total. The molecule has 108 valence electrons. The number of rotatable bonds is 4. The number of likely N-dealkylation sites (tertiary alicyclic amines) is 1. The van der Waals surface area contributed by atoms with Gasteiger partial charge in [0.1, 0.15) is 0 Å². The largest absolute Gasteiger partial charge is 0.340 e. The van der Waals surface area contributed by atoms with Crippen molar-refractivity contribution in [3.8, 4) is 0 Å². The van der Waals surface area contributed by atoms with Crippen LogP contribution in [0.1, 0.15) is 42.0 Å². The van der Waals surface area contributed by atoms with Crippen molar-refractivity contribution in [1.29, 1.82) is 0 Å². The lowest BCUT2D eigenvalue weighted by Crippen LogP contribution is -2.28. The summed E-state index contributed by atoms with van der Waals surface area (Å²) in [5.74, 6) is 1.47. The minimum atomic E-state index is 0.296. The molecule has 1 atom stereocenters. The van der Waals surface area contributed by atoms with Crippen LogP contribution in [-0.2, 0) is 6.54 Å². The van der Waals surface area contributed by atoms with E-state index in [0.29, 0.717) is 11.9 Å². The molecule has 0 bridgehead atoms. The second-order valence-electron chi connectivity index (χ2n) is 5.52. The Balaban J connectivity index is 1.66. The molecule has 0 aliphatic carbocycles. The molecule has 2 aromatic heterocycles. The van der Waals surface area contributed by atoms with Crippen molar-refractivity contribution in [1.82, 2.24) is 24.8 Å². The van der Waals surface area contributed by atoms with Gasteiger partial charge in [-0.15, -0.1) is 0 Å². The van der Waals surface area contributed by atoms with Crippen molar-refractivity contribution in [3.63, 3.8) is 0 Å². The standard InChI is InChI=1S/C14H21N5O/c1-10-9-11(2)19(16-10)8-7-18-6-4-5-13(18)14-15-12(3)20-17-14/h9,13H,4-8H2,1-3H3. The summed E-state index contributed by atoms with van der Waals surface area (Å²) >= 11 is 0. The Bertz CT molecular complexity index is 588. The molecule has 0 amide bonds. The molecule has 1 aliphatic rings. The van der Waals surface area contributed by atoms with Crippen LogP contribution in [0.3, 0.4) is 0 Å². The minimum Gasteiger partial charge on any atom is -0.340 e. The van der Waals surface area contributed by atoms with E-state index in [0.717, 1.165) is 37.6 Å². The van der Waals surface area contributed by atoms with Crippen LogP contribution in [0.4, 0.5) is 0 Å². The molecular formula is C14H21N5O. The second kappa shape index (κ2) is 5.36.